The van der Waals surface area contributed by atoms with Crippen molar-refractivity contribution in [3.05, 3.63) is 35.6 Å². The van der Waals surface area contributed by atoms with Crippen molar-refractivity contribution in [2.45, 2.75) is 19.8 Å². The van der Waals surface area contributed by atoms with Crippen LogP contribution in [0.2, 0.25) is 0 Å². The van der Waals surface area contributed by atoms with Crippen molar-refractivity contribution in [1.82, 2.24) is 0 Å². The molecule has 1 nitrogen and oxygen atoms in total. The van der Waals surface area contributed by atoms with Crippen LogP contribution in [0, 0.1) is 0 Å². The quantitative estimate of drug-likeness (QED) is 0.588. The predicted octanol–water partition coefficient (Wildman–Crippen LogP) is 2.81. The van der Waals surface area contributed by atoms with E-state index < -0.39 is 0 Å². The van der Waals surface area contributed by atoms with E-state index in [1.54, 1.807) is 7.11 Å². The third-order valence-electron chi connectivity index (χ3n) is 1.78. The van der Waals surface area contributed by atoms with Gasteiger partial charge in [0.1, 0.15) is 0 Å². The van der Waals surface area contributed by atoms with Gasteiger partial charge in [0.25, 0.3) is 0 Å². The smallest absolute Gasteiger partial charge is 0.0995 e. The largest absolute Gasteiger partial charge is 0.501 e. The zero-order valence-corrected chi connectivity index (χ0v) is 7.13. The van der Waals surface area contributed by atoms with Crippen molar-refractivity contribution in [3.8, 4) is 0 Å². The van der Waals surface area contributed by atoms with Crippen LogP contribution in [-0.2, 0) is 4.74 Å². The van der Waals surface area contributed by atoms with Gasteiger partial charge in [0.15, 0.2) is 0 Å². The highest BCUT2D eigenvalue weighted by molar-refractivity contribution is 5.29. The predicted molar refractivity (Wildman–Crippen MR) is 47.2 cm³/mol. The van der Waals surface area contributed by atoms with Gasteiger partial charge in [-0.3, -0.25) is 0 Å². The van der Waals surface area contributed by atoms with Gasteiger partial charge in [0.05, 0.1) is 12.9 Å². The van der Waals surface area contributed by atoms with Crippen molar-refractivity contribution in [2.24, 2.45) is 0 Å². The Morgan fingerprint density at radius 3 is 3.00 bits per heavy atom. The first kappa shape index (κ1) is 8.12. The van der Waals surface area contributed by atoms with Gasteiger partial charge in [-0.05, 0) is 18.1 Å². The Kier molecular flexibility index (Phi) is 2.96. The molecule has 0 radical (unpaired) electrons. The first-order valence-electron chi connectivity index (χ1n) is 3.97. The molecule has 1 rings (SSSR count). The second-order valence-electron chi connectivity index (χ2n) is 2.54. The van der Waals surface area contributed by atoms with Gasteiger partial charge < -0.3 is 4.74 Å². The first-order valence-corrected chi connectivity index (χ1v) is 3.97. The topological polar surface area (TPSA) is 9.23 Å². The lowest BCUT2D eigenvalue weighted by atomic mass is 10.2. The summed E-state index contributed by atoms with van der Waals surface area (Å²) < 4.78 is 5.17. The van der Waals surface area contributed by atoms with Crippen LogP contribution in [-0.4, -0.2) is 7.11 Å². The van der Waals surface area contributed by atoms with Crippen LogP contribution >= 0.6 is 0 Å². The van der Waals surface area contributed by atoms with E-state index in [4.69, 9.17) is 4.74 Å². The van der Waals surface area contributed by atoms with Gasteiger partial charge in [-0.2, -0.15) is 0 Å². The molecule has 0 aromatic carbocycles. The van der Waals surface area contributed by atoms with Crippen molar-refractivity contribution < 1.29 is 4.74 Å². The molecule has 1 heteroatoms. The summed E-state index contributed by atoms with van der Waals surface area (Å²) in [5, 5.41) is 0. The lowest BCUT2D eigenvalue weighted by Gasteiger charge is -2.01. The zero-order valence-electron chi connectivity index (χ0n) is 7.13. The summed E-state index contributed by atoms with van der Waals surface area (Å²) in [5.74, 6) is 1.05. The minimum Gasteiger partial charge on any atom is -0.501 e. The van der Waals surface area contributed by atoms with Gasteiger partial charge >= 0.3 is 0 Å². The Morgan fingerprint density at radius 2 is 2.36 bits per heavy atom. The molecule has 0 aromatic heterocycles. The maximum atomic E-state index is 5.17. The molecule has 0 aromatic rings. The summed E-state index contributed by atoms with van der Waals surface area (Å²) in [4.78, 5) is 0. The molecule has 0 saturated heterocycles. The van der Waals surface area contributed by atoms with Crippen LogP contribution in [0.4, 0.5) is 0 Å². The van der Waals surface area contributed by atoms with Gasteiger partial charge in [0, 0.05) is 6.42 Å². The van der Waals surface area contributed by atoms with Crippen LogP contribution in [0.1, 0.15) is 19.8 Å². The fourth-order valence-electron chi connectivity index (χ4n) is 1.05. The van der Waals surface area contributed by atoms with Gasteiger partial charge in [0.2, 0.25) is 0 Å². The molecule has 0 heterocycles. The lowest BCUT2D eigenvalue weighted by molar-refractivity contribution is 0.285. The van der Waals surface area contributed by atoms with Crippen molar-refractivity contribution >= 4 is 0 Å². The van der Waals surface area contributed by atoms with E-state index >= 15 is 0 Å². The number of rotatable bonds is 2. The number of methoxy groups -OCH3 is 1. The Balaban J connectivity index is 2.77. The van der Waals surface area contributed by atoms with E-state index in [9.17, 15) is 0 Å². The van der Waals surface area contributed by atoms with Crippen molar-refractivity contribution in [3.63, 3.8) is 0 Å². The molecule has 0 aliphatic heterocycles. The van der Waals surface area contributed by atoms with Crippen LogP contribution < -0.4 is 0 Å². The average molecular weight is 150 g/mol. The molecule has 60 valence electrons. The SMILES string of the molecule is CCC1=CC=CCC(OC)=C1. The highest BCUT2D eigenvalue weighted by atomic mass is 16.5. The highest BCUT2D eigenvalue weighted by Gasteiger charge is 1.97. The number of hydrogen-bond donors (Lipinski definition) is 0. The third-order valence-corrected chi connectivity index (χ3v) is 1.78. The third kappa shape index (κ3) is 2.26. The van der Waals surface area contributed by atoms with Gasteiger partial charge in [-0.15, -0.1) is 0 Å². The molecule has 0 amide bonds. The van der Waals surface area contributed by atoms with Crippen LogP contribution in [0.25, 0.3) is 0 Å². The van der Waals surface area contributed by atoms with Gasteiger partial charge in [-0.1, -0.05) is 25.2 Å². The summed E-state index contributed by atoms with van der Waals surface area (Å²) in [7, 11) is 1.72. The molecule has 0 N–H and O–H groups in total. The monoisotopic (exact) mass is 150 g/mol. The standard InChI is InChI=1S/C10H14O/c1-3-9-6-4-5-7-10(8-9)11-2/h4-6,8H,3,7H2,1-2H3. The Labute approximate surface area is 68.1 Å². The van der Waals surface area contributed by atoms with Gasteiger partial charge in [-0.25, -0.2) is 0 Å². The summed E-state index contributed by atoms with van der Waals surface area (Å²) in [6, 6.07) is 0. The Bertz CT molecular complexity index is 209. The van der Waals surface area contributed by atoms with Crippen LogP contribution in [0.5, 0.6) is 0 Å². The molecular weight excluding hydrogens is 136 g/mol. The first-order chi connectivity index (χ1) is 5.36. The molecule has 0 saturated carbocycles. The number of ether oxygens (including phenoxy) is 1. The van der Waals surface area contributed by atoms with E-state index in [1.165, 1.54) is 5.57 Å². The summed E-state index contributed by atoms with van der Waals surface area (Å²) in [6.45, 7) is 2.15. The summed E-state index contributed by atoms with van der Waals surface area (Å²) in [5.41, 5.74) is 1.33. The lowest BCUT2D eigenvalue weighted by Crippen LogP contribution is -1.84. The molecule has 0 atom stereocenters. The van der Waals surface area contributed by atoms with Crippen LogP contribution in [0.3, 0.4) is 0 Å². The summed E-state index contributed by atoms with van der Waals surface area (Å²) in [6.07, 6.45) is 10.4. The minimum absolute atomic E-state index is 0.913. The number of allylic oxidation sites excluding steroid dienone is 5. The molecule has 0 spiro atoms. The van der Waals surface area contributed by atoms with E-state index in [2.05, 4.69) is 31.2 Å². The summed E-state index contributed by atoms with van der Waals surface area (Å²) >= 11 is 0. The fraction of sp³-hybridized carbons (Fsp3) is 0.400. The van der Waals surface area contributed by atoms with E-state index in [0.717, 1.165) is 18.6 Å². The number of hydrogen-bond acceptors (Lipinski definition) is 1. The second kappa shape index (κ2) is 4.02. The Hall–Kier alpha value is -0.980. The highest BCUT2D eigenvalue weighted by Crippen LogP contribution is 2.14. The molecular formula is C10H14O. The van der Waals surface area contributed by atoms with Crippen molar-refractivity contribution in [1.29, 1.82) is 0 Å². The maximum absolute atomic E-state index is 5.17. The maximum Gasteiger partial charge on any atom is 0.0995 e. The minimum atomic E-state index is 0.913. The fourth-order valence-corrected chi connectivity index (χ4v) is 1.05. The van der Waals surface area contributed by atoms with E-state index in [0.29, 0.717) is 0 Å². The van der Waals surface area contributed by atoms with E-state index in [1.807, 2.05) is 0 Å². The Morgan fingerprint density at radius 1 is 1.55 bits per heavy atom. The molecule has 11 heavy (non-hydrogen) atoms. The molecule has 0 fully saturated rings. The zero-order chi connectivity index (χ0) is 8.10. The normalized spacial score (nSPS) is 16.9. The molecule has 1 aliphatic carbocycles. The van der Waals surface area contributed by atoms with E-state index in [-0.39, 0.29) is 0 Å². The molecule has 0 unspecified atom stereocenters. The van der Waals surface area contributed by atoms with Crippen molar-refractivity contribution in [2.75, 3.05) is 7.11 Å². The average Bonchev–Trinajstić information content (AvgIpc) is 2.28. The second-order valence-corrected chi connectivity index (χ2v) is 2.54. The molecule has 0 bridgehead atoms. The molecule has 1 aliphatic rings. The van der Waals surface area contributed by atoms with Crippen LogP contribution in [0.15, 0.2) is 35.6 Å².